The third-order valence-electron chi connectivity index (χ3n) is 19.4. The first kappa shape index (κ1) is 83.8. The molecule has 4 amide bonds. The van der Waals surface area contributed by atoms with E-state index in [4.69, 9.17) is 0 Å². The fraction of sp³-hybridized carbons (Fsp3) is 0.281. The monoisotopic (exact) mass is 1690 g/mol. The number of hydrogen-bond acceptors (Lipinski definition) is 12. The highest BCUT2D eigenvalue weighted by Crippen LogP contribution is 2.30. The molecular weight excluding hydrogens is 1600 g/mol. The molecule has 7 aromatic carbocycles. The zero-order valence-electron chi connectivity index (χ0n) is 62.2. The van der Waals surface area contributed by atoms with Gasteiger partial charge in [0.05, 0.1) is 11.6 Å². The van der Waals surface area contributed by atoms with Gasteiger partial charge in [-0.2, -0.15) is 13.2 Å². The van der Waals surface area contributed by atoms with Crippen LogP contribution < -0.4 is 5.32 Å². The molecule has 10 aromatic rings. The molecule has 3 saturated heterocycles. The molecule has 0 unspecified atom stereocenters. The van der Waals surface area contributed by atoms with Crippen LogP contribution in [0.2, 0.25) is 0 Å². The predicted octanol–water partition coefficient (Wildman–Crippen LogP) is 15.6. The van der Waals surface area contributed by atoms with Gasteiger partial charge in [-0.1, -0.05) is 213 Å². The number of halogens is 6. The van der Waals surface area contributed by atoms with Gasteiger partial charge in [0.25, 0.3) is 0 Å². The second kappa shape index (κ2) is 43.8. The summed E-state index contributed by atoms with van der Waals surface area (Å²) in [5.74, 6) is -0.0612. The topological polar surface area (TPSA) is 159 Å². The van der Waals surface area contributed by atoms with Crippen LogP contribution in [-0.2, 0) is 77.3 Å². The Bertz CT molecular complexity index is 4470. The number of alkyl halides is 3. The first-order chi connectivity index (χ1) is 53.9. The number of carbonyl (C=O) groups is 5. The van der Waals surface area contributed by atoms with E-state index in [0.29, 0.717) is 67.2 Å². The Kier molecular flexibility index (Phi) is 33.1. The summed E-state index contributed by atoms with van der Waals surface area (Å²) in [6.45, 7) is 14.9. The van der Waals surface area contributed by atoms with E-state index in [1.807, 2.05) is 143 Å². The normalized spacial score (nSPS) is 14.9. The molecule has 3 aromatic heterocycles. The maximum Gasteiger partial charge on any atom is 0.416 e. The van der Waals surface area contributed by atoms with Crippen molar-refractivity contribution in [1.29, 1.82) is 0 Å². The molecule has 0 saturated carbocycles. The molecule has 0 radical (unpaired) electrons. The van der Waals surface area contributed by atoms with Crippen LogP contribution in [0.4, 0.5) is 13.2 Å². The summed E-state index contributed by atoms with van der Waals surface area (Å²) >= 11 is 9.87. The maximum atomic E-state index is 14.3. The van der Waals surface area contributed by atoms with Crippen LogP contribution in [0.1, 0.15) is 72.9 Å². The van der Waals surface area contributed by atoms with Crippen molar-refractivity contribution in [2.24, 2.45) is 5.92 Å². The van der Waals surface area contributed by atoms with Gasteiger partial charge >= 0.3 is 6.18 Å². The lowest BCUT2D eigenvalue weighted by molar-refractivity contribution is -0.145. The molecule has 3 atom stereocenters. The summed E-state index contributed by atoms with van der Waals surface area (Å²) in [5.41, 5.74) is 9.24. The largest absolute Gasteiger partial charge is 0.416 e. The highest BCUT2D eigenvalue weighted by Gasteiger charge is 2.35. The highest BCUT2D eigenvalue weighted by molar-refractivity contribution is 9.11. The summed E-state index contributed by atoms with van der Waals surface area (Å²) in [6, 6.07) is 75.8. The lowest BCUT2D eigenvalue weighted by Crippen LogP contribution is -2.56. The second-order valence-electron chi connectivity index (χ2n) is 27.6. The Morgan fingerprint density at radius 2 is 0.793 bits per heavy atom. The quantitative estimate of drug-likeness (QED) is 0.0347. The number of piperazine rings is 3. The van der Waals surface area contributed by atoms with Gasteiger partial charge in [-0.25, -0.2) is 15.0 Å². The van der Waals surface area contributed by atoms with Crippen LogP contribution in [0, 0.1) is 5.92 Å². The van der Waals surface area contributed by atoms with Crippen molar-refractivity contribution < 1.29 is 37.1 Å². The Morgan fingerprint density at radius 1 is 0.423 bits per heavy atom. The van der Waals surface area contributed by atoms with Gasteiger partial charge in [0.2, 0.25) is 23.6 Å². The average molecular weight is 1690 g/mol. The van der Waals surface area contributed by atoms with E-state index in [-0.39, 0.29) is 30.3 Å². The van der Waals surface area contributed by atoms with Gasteiger partial charge in [0, 0.05) is 154 Å². The van der Waals surface area contributed by atoms with E-state index in [2.05, 4.69) is 168 Å². The average Bonchev–Trinajstić information content (AvgIpc) is 0.830. The molecule has 576 valence electrons. The van der Waals surface area contributed by atoms with Crippen LogP contribution in [0.5, 0.6) is 0 Å². The minimum absolute atomic E-state index is 0.0491. The molecule has 0 bridgehead atoms. The molecule has 13 rings (SSSR count). The number of aldehydes is 1. The number of benzene rings is 7. The van der Waals surface area contributed by atoms with E-state index in [1.165, 1.54) is 57.6 Å². The number of pyridine rings is 3. The molecule has 3 aliphatic heterocycles. The van der Waals surface area contributed by atoms with E-state index in [0.717, 1.165) is 128 Å². The summed E-state index contributed by atoms with van der Waals surface area (Å²) < 4.78 is 41.4. The van der Waals surface area contributed by atoms with Gasteiger partial charge in [0.15, 0.2) is 6.29 Å². The lowest BCUT2D eigenvalue weighted by atomic mass is 9.99. The molecule has 3 fully saturated rings. The van der Waals surface area contributed by atoms with Gasteiger partial charge in [-0.3, -0.25) is 38.7 Å². The van der Waals surface area contributed by atoms with Crippen molar-refractivity contribution in [3.05, 3.63) is 342 Å². The Hall–Kier alpha value is -9.65. The molecule has 22 heteroatoms. The molecule has 0 spiro atoms. The molecular formula is C89H93Br3F3N11O5. The first-order valence-electron chi connectivity index (χ1n) is 37.3. The SMILES string of the molecule is C[C@@H](Cc1ccccc1)C(=O)N1CCN(Cc2ccccc2)CC1.O=C([C@H](Cc1ccccc1)N(Cc1ccc(Br)nc1)C(=O)/C=C/c1ccc(C(F)(F)F)cc1)N1CCN(Cc2ccccc2)CC1.O=C([C@H](Cc1ccccc1)NCc1ccc(Br)nc1)N1CCN(Cc2ccccc2)CC1.O=Cc1ccc(Br)nc1. The minimum atomic E-state index is -4.45. The fourth-order valence-electron chi connectivity index (χ4n) is 13.3. The second-order valence-corrected chi connectivity index (χ2v) is 30.0. The van der Waals surface area contributed by atoms with Crippen molar-refractivity contribution >= 4 is 83.8 Å². The summed E-state index contributed by atoms with van der Waals surface area (Å²) in [6.07, 6.45) is 5.90. The van der Waals surface area contributed by atoms with Crippen molar-refractivity contribution in [2.45, 2.75) is 77.2 Å². The fourth-order valence-corrected chi connectivity index (χ4v) is 14.0. The Morgan fingerprint density at radius 3 is 1.19 bits per heavy atom. The number of carbonyl (C=O) groups excluding carboxylic acids is 5. The molecule has 1 N–H and O–H groups in total. The number of aromatic nitrogens is 3. The number of hydrogen-bond donors (Lipinski definition) is 1. The number of nitrogens with one attached hydrogen (secondary N) is 1. The van der Waals surface area contributed by atoms with Crippen LogP contribution in [0.15, 0.2) is 281 Å². The van der Waals surface area contributed by atoms with E-state index < -0.39 is 23.7 Å². The zero-order chi connectivity index (χ0) is 78.2. The molecule has 3 aliphatic rings. The van der Waals surface area contributed by atoms with E-state index in [1.54, 1.807) is 24.4 Å². The zero-order valence-corrected chi connectivity index (χ0v) is 67.0. The van der Waals surface area contributed by atoms with Crippen molar-refractivity contribution in [3.8, 4) is 0 Å². The number of nitrogens with zero attached hydrogens (tertiary/aromatic N) is 10. The van der Waals surface area contributed by atoms with Crippen molar-refractivity contribution in [3.63, 3.8) is 0 Å². The molecule has 111 heavy (non-hydrogen) atoms. The van der Waals surface area contributed by atoms with Crippen LogP contribution >= 0.6 is 47.8 Å². The van der Waals surface area contributed by atoms with Crippen LogP contribution in [0.3, 0.4) is 0 Å². The Balaban J connectivity index is 0.000000174. The number of rotatable bonds is 24. The third kappa shape index (κ3) is 28.0. The van der Waals surface area contributed by atoms with Gasteiger partial charge in [-0.05, 0) is 153 Å². The third-order valence-corrected chi connectivity index (χ3v) is 20.8. The van der Waals surface area contributed by atoms with Gasteiger partial charge in [0.1, 0.15) is 19.9 Å². The molecule has 16 nitrogen and oxygen atoms in total. The smallest absolute Gasteiger partial charge is 0.340 e. The predicted molar refractivity (Wildman–Crippen MR) is 441 cm³/mol. The van der Waals surface area contributed by atoms with Crippen LogP contribution in [0.25, 0.3) is 6.08 Å². The Labute approximate surface area is 674 Å². The van der Waals surface area contributed by atoms with Crippen molar-refractivity contribution in [1.82, 2.24) is 54.6 Å². The number of amides is 4. The molecule has 6 heterocycles. The summed E-state index contributed by atoms with van der Waals surface area (Å²) in [4.78, 5) is 91.5. The summed E-state index contributed by atoms with van der Waals surface area (Å²) in [5, 5.41) is 3.49. The van der Waals surface area contributed by atoms with E-state index >= 15 is 0 Å². The molecule has 0 aliphatic carbocycles. The maximum absolute atomic E-state index is 14.3. The highest BCUT2D eigenvalue weighted by atomic mass is 79.9. The van der Waals surface area contributed by atoms with Crippen molar-refractivity contribution in [2.75, 3.05) is 78.5 Å². The summed E-state index contributed by atoms with van der Waals surface area (Å²) in [7, 11) is 0. The van der Waals surface area contributed by atoms with Crippen LogP contribution in [-0.4, -0.2) is 170 Å². The minimum Gasteiger partial charge on any atom is -0.340 e. The van der Waals surface area contributed by atoms with Gasteiger partial charge in [-0.15, -0.1) is 0 Å². The first-order valence-corrected chi connectivity index (χ1v) is 39.7. The lowest BCUT2D eigenvalue weighted by Gasteiger charge is -2.39. The van der Waals surface area contributed by atoms with E-state index in [9.17, 15) is 37.1 Å². The van der Waals surface area contributed by atoms with Gasteiger partial charge < -0.3 is 24.9 Å². The standard InChI is InChI=1S/C36H34BrF3N4O2.C26H29BrN4O.C21H26N2O.C6H4BrNO/c37-33-17-13-30(24-41-33)26-44(34(45)18-14-27-11-15-31(16-12-27)36(38,39)40)32(23-28-7-3-1-4-8-28)35(46)43-21-19-42(20-22-43)25-29-9-5-2-6-10-29;27-25-12-11-23(19-29-25)18-28-24(17-21-7-3-1-4-8-21)26(32)31-15-13-30(14-16-31)20-22-9-5-2-6-10-22;1-18(16-19-8-4-2-5-9-19)21(24)23-14-12-22(13-15-23)17-20-10-6-3-7-11-20;7-6-2-1-5(4-9)3-8-6/h1-18,24,32H,19-23,25-26H2;1-12,19,24,28H,13-18,20H2;2-11,18H,12-17H2,1H3;1-4H/b18-14+;;;/t32-;24-;18-;/m000./s1.